The zero-order valence-corrected chi connectivity index (χ0v) is 15.9. The second-order valence-corrected chi connectivity index (χ2v) is 8.11. The second-order valence-electron chi connectivity index (χ2n) is 5.13. The molecule has 0 aromatic heterocycles. The molecule has 0 radical (unpaired) electrons. The number of hydrogen-bond acceptors (Lipinski definition) is 3. The maximum Gasteiger partial charge on any atom is 0.323 e. The summed E-state index contributed by atoms with van der Waals surface area (Å²) in [5.74, 6) is 0.957. The average Bonchev–Trinajstić information content (AvgIpc) is 3.05. The summed E-state index contributed by atoms with van der Waals surface area (Å²) in [5.41, 5.74) is 2.00. The fourth-order valence-corrected chi connectivity index (χ4v) is 4.46. The number of amides is 2. The van der Waals surface area contributed by atoms with Crippen molar-refractivity contribution >= 4 is 51.2 Å². The van der Waals surface area contributed by atoms with E-state index in [-0.39, 0.29) is 11.4 Å². The van der Waals surface area contributed by atoms with Crippen LogP contribution >= 0.6 is 39.5 Å². The number of rotatable bonds is 3. The van der Waals surface area contributed by atoms with Gasteiger partial charge in [0, 0.05) is 27.4 Å². The summed E-state index contributed by atoms with van der Waals surface area (Å²) in [4.78, 5) is 15.7. The highest BCUT2D eigenvalue weighted by Gasteiger charge is 2.30. The number of halogens is 1. The highest BCUT2D eigenvalue weighted by molar-refractivity contribution is 9.10. The van der Waals surface area contributed by atoms with Crippen LogP contribution in [0.5, 0.6) is 0 Å². The van der Waals surface area contributed by atoms with Gasteiger partial charge in [0.2, 0.25) is 0 Å². The zero-order valence-electron chi connectivity index (χ0n) is 12.7. The number of thioether (sulfide) groups is 2. The number of nitrogens with one attached hydrogen (secondary N) is 1. The molecule has 2 aromatic rings. The van der Waals surface area contributed by atoms with Gasteiger partial charge in [-0.1, -0.05) is 34.1 Å². The van der Waals surface area contributed by atoms with Crippen LogP contribution in [0.3, 0.4) is 0 Å². The molecule has 1 aliphatic rings. The Morgan fingerprint density at radius 3 is 2.83 bits per heavy atom. The smallest absolute Gasteiger partial charge is 0.308 e. The van der Waals surface area contributed by atoms with Gasteiger partial charge in [0.25, 0.3) is 0 Å². The van der Waals surface area contributed by atoms with Crippen LogP contribution in [0.15, 0.2) is 57.9 Å². The molecule has 1 saturated heterocycles. The number of carbonyl (C=O) groups excluding carboxylic acids is 1. The Hall–Kier alpha value is -1.11. The molecule has 23 heavy (non-hydrogen) atoms. The monoisotopic (exact) mass is 408 g/mol. The van der Waals surface area contributed by atoms with Crippen molar-refractivity contribution in [2.24, 2.45) is 0 Å². The van der Waals surface area contributed by atoms with Gasteiger partial charge in [0.1, 0.15) is 5.37 Å². The third kappa shape index (κ3) is 4.05. The number of benzene rings is 2. The quantitative estimate of drug-likeness (QED) is 0.685. The van der Waals surface area contributed by atoms with E-state index in [9.17, 15) is 4.79 Å². The van der Waals surface area contributed by atoms with Crippen LogP contribution in [0.2, 0.25) is 0 Å². The summed E-state index contributed by atoms with van der Waals surface area (Å²) >= 11 is 6.92. The van der Waals surface area contributed by atoms with Crippen LogP contribution in [0, 0.1) is 0 Å². The number of urea groups is 1. The van der Waals surface area contributed by atoms with Crippen molar-refractivity contribution < 1.29 is 4.79 Å². The lowest BCUT2D eigenvalue weighted by molar-refractivity contribution is 0.214. The molecule has 0 aliphatic carbocycles. The summed E-state index contributed by atoms with van der Waals surface area (Å²) in [6, 6.07) is 16.1. The number of anilines is 1. The fraction of sp³-hybridized carbons (Fsp3) is 0.235. The molecule has 1 aliphatic heterocycles. The molecular weight excluding hydrogens is 392 g/mol. The average molecular weight is 409 g/mol. The van der Waals surface area contributed by atoms with Crippen molar-refractivity contribution in [3.8, 4) is 0 Å². The predicted octanol–water partition coefficient (Wildman–Crippen LogP) is 5.45. The predicted molar refractivity (Wildman–Crippen MR) is 103 cm³/mol. The van der Waals surface area contributed by atoms with Gasteiger partial charge < -0.3 is 10.2 Å². The van der Waals surface area contributed by atoms with E-state index in [0.29, 0.717) is 0 Å². The minimum absolute atomic E-state index is 0.0406. The lowest BCUT2D eigenvalue weighted by Gasteiger charge is -2.24. The molecule has 1 heterocycles. The first-order valence-electron chi connectivity index (χ1n) is 7.26. The van der Waals surface area contributed by atoms with Crippen molar-refractivity contribution in [2.45, 2.75) is 10.3 Å². The molecule has 3 rings (SSSR count). The van der Waals surface area contributed by atoms with Crippen molar-refractivity contribution in [3.63, 3.8) is 0 Å². The largest absolute Gasteiger partial charge is 0.323 e. The lowest BCUT2D eigenvalue weighted by atomic mass is 10.2. The topological polar surface area (TPSA) is 32.3 Å². The maximum atomic E-state index is 12.7. The van der Waals surface area contributed by atoms with E-state index in [1.54, 1.807) is 23.5 Å². The van der Waals surface area contributed by atoms with Gasteiger partial charge in [-0.25, -0.2) is 4.79 Å². The van der Waals surface area contributed by atoms with Gasteiger partial charge in [-0.15, -0.1) is 23.5 Å². The van der Waals surface area contributed by atoms with Crippen molar-refractivity contribution in [3.05, 3.63) is 58.6 Å². The Morgan fingerprint density at radius 1 is 1.30 bits per heavy atom. The van der Waals surface area contributed by atoms with E-state index in [1.165, 1.54) is 0 Å². The number of nitrogens with zero attached hydrogens (tertiary/aromatic N) is 1. The maximum absolute atomic E-state index is 12.7. The van der Waals surface area contributed by atoms with Crippen LogP contribution in [-0.2, 0) is 0 Å². The summed E-state index contributed by atoms with van der Waals surface area (Å²) in [6.45, 7) is 0.763. The van der Waals surface area contributed by atoms with Gasteiger partial charge in [-0.2, -0.15) is 0 Å². The molecule has 1 fully saturated rings. The van der Waals surface area contributed by atoms with Crippen molar-refractivity contribution in [1.29, 1.82) is 0 Å². The first-order valence-corrected chi connectivity index (χ1v) is 10.3. The van der Waals surface area contributed by atoms with E-state index in [4.69, 9.17) is 0 Å². The molecule has 3 nitrogen and oxygen atoms in total. The molecule has 0 saturated carbocycles. The molecule has 2 aromatic carbocycles. The van der Waals surface area contributed by atoms with Crippen LogP contribution in [0.4, 0.5) is 10.5 Å². The second kappa shape index (κ2) is 7.64. The first kappa shape index (κ1) is 16.7. The minimum atomic E-state index is -0.0406. The Kier molecular flexibility index (Phi) is 5.56. The zero-order chi connectivity index (χ0) is 16.2. The van der Waals surface area contributed by atoms with E-state index >= 15 is 0 Å². The van der Waals surface area contributed by atoms with Crippen molar-refractivity contribution in [2.75, 3.05) is 23.9 Å². The third-order valence-corrected chi connectivity index (χ3v) is 6.14. The SMILES string of the molecule is CSc1cccc(NC(=O)N2CCSC2c2ccc(Br)cc2)c1. The Balaban J connectivity index is 1.74. The fourth-order valence-electron chi connectivity index (χ4n) is 2.48. The van der Waals surface area contributed by atoms with Gasteiger partial charge in [-0.3, -0.25) is 0 Å². The minimum Gasteiger partial charge on any atom is -0.308 e. The Bertz CT molecular complexity index is 693. The molecule has 0 bridgehead atoms. The van der Waals surface area contributed by atoms with Gasteiger partial charge in [0.05, 0.1) is 0 Å². The number of carbonyl (C=O) groups is 1. The molecule has 6 heteroatoms. The van der Waals surface area contributed by atoms with Crippen LogP contribution in [0.1, 0.15) is 10.9 Å². The third-order valence-electron chi connectivity index (χ3n) is 3.63. The van der Waals surface area contributed by atoms with E-state index < -0.39 is 0 Å². The molecule has 0 spiro atoms. The Morgan fingerprint density at radius 2 is 2.09 bits per heavy atom. The molecule has 2 amide bonds. The van der Waals surface area contributed by atoms with E-state index in [2.05, 4.69) is 33.4 Å². The van der Waals surface area contributed by atoms with Gasteiger partial charge in [-0.05, 0) is 42.2 Å². The van der Waals surface area contributed by atoms with E-state index in [0.717, 1.165) is 32.9 Å². The van der Waals surface area contributed by atoms with Gasteiger partial charge in [0.15, 0.2) is 0 Å². The molecular formula is C17H17BrN2OS2. The molecule has 1 unspecified atom stereocenters. The number of hydrogen-bond donors (Lipinski definition) is 1. The summed E-state index contributed by atoms with van der Waals surface area (Å²) in [6.07, 6.45) is 2.03. The first-order chi connectivity index (χ1) is 11.2. The van der Waals surface area contributed by atoms with Crippen LogP contribution in [0.25, 0.3) is 0 Å². The highest BCUT2D eigenvalue weighted by atomic mass is 79.9. The standard InChI is InChI=1S/C17H17BrN2OS2/c1-22-15-4-2-3-14(11-15)19-17(21)20-9-10-23-16(20)12-5-7-13(18)8-6-12/h2-8,11,16H,9-10H2,1H3,(H,19,21). The normalized spacial score (nSPS) is 17.3. The summed E-state index contributed by atoms with van der Waals surface area (Å²) < 4.78 is 1.05. The molecule has 1 atom stereocenters. The van der Waals surface area contributed by atoms with E-state index in [1.807, 2.05) is 47.6 Å². The summed E-state index contributed by atoms with van der Waals surface area (Å²) in [7, 11) is 0. The van der Waals surface area contributed by atoms with Gasteiger partial charge >= 0.3 is 6.03 Å². The summed E-state index contributed by atoms with van der Waals surface area (Å²) in [5, 5.41) is 3.10. The highest BCUT2D eigenvalue weighted by Crippen LogP contribution is 2.38. The lowest BCUT2D eigenvalue weighted by Crippen LogP contribution is -2.34. The van der Waals surface area contributed by atoms with Crippen molar-refractivity contribution in [1.82, 2.24) is 4.90 Å². The molecule has 120 valence electrons. The van der Waals surface area contributed by atoms with Crippen LogP contribution in [-0.4, -0.2) is 29.5 Å². The molecule has 1 N–H and O–H groups in total. The Labute approximate surface area is 153 Å². The van der Waals surface area contributed by atoms with Crippen LogP contribution < -0.4 is 5.32 Å².